The maximum atomic E-state index is 11.9. The second-order valence-electron chi connectivity index (χ2n) is 4.60. The third-order valence-corrected chi connectivity index (χ3v) is 3.85. The van der Waals surface area contributed by atoms with Crippen LogP contribution < -0.4 is 15.4 Å². The molecule has 0 spiro atoms. The number of carbonyl (C=O) groups is 1. The van der Waals surface area contributed by atoms with E-state index in [0.717, 1.165) is 27.2 Å². The van der Waals surface area contributed by atoms with Crippen molar-refractivity contribution in [2.24, 2.45) is 0 Å². The van der Waals surface area contributed by atoms with Gasteiger partial charge in [-0.25, -0.2) is 0 Å². The minimum atomic E-state index is -0.0976. The van der Waals surface area contributed by atoms with E-state index in [9.17, 15) is 4.79 Å². The summed E-state index contributed by atoms with van der Waals surface area (Å²) < 4.78 is 6.16. The summed E-state index contributed by atoms with van der Waals surface area (Å²) in [6, 6.07) is 13.2. The van der Waals surface area contributed by atoms with Crippen LogP contribution in [0, 0.1) is 6.92 Å². The Bertz CT molecular complexity index is 644. The van der Waals surface area contributed by atoms with Crippen molar-refractivity contribution in [3.8, 4) is 5.75 Å². The van der Waals surface area contributed by atoms with E-state index in [0.29, 0.717) is 0 Å². The van der Waals surface area contributed by atoms with Gasteiger partial charge in [-0.2, -0.15) is 0 Å². The number of aryl methyl sites for hydroxylation is 1. The van der Waals surface area contributed by atoms with Crippen LogP contribution in [-0.2, 0) is 4.79 Å². The molecule has 2 rings (SSSR count). The van der Waals surface area contributed by atoms with Gasteiger partial charge in [0.25, 0.3) is 0 Å². The van der Waals surface area contributed by atoms with Gasteiger partial charge in [0.15, 0.2) is 0 Å². The first kappa shape index (κ1) is 15.4. The van der Waals surface area contributed by atoms with Crippen molar-refractivity contribution >= 4 is 33.2 Å². The summed E-state index contributed by atoms with van der Waals surface area (Å²) in [4.78, 5) is 11.9. The average molecular weight is 349 g/mol. The van der Waals surface area contributed by atoms with E-state index >= 15 is 0 Å². The highest BCUT2D eigenvalue weighted by atomic mass is 79.9. The molecule has 0 aliphatic rings. The molecule has 1 amide bonds. The molecule has 0 atom stereocenters. The van der Waals surface area contributed by atoms with Crippen molar-refractivity contribution in [1.29, 1.82) is 0 Å². The molecule has 4 nitrogen and oxygen atoms in total. The number of ether oxygens (including phenoxy) is 1. The second-order valence-corrected chi connectivity index (χ2v) is 5.45. The molecular formula is C16H17BrN2O2. The highest BCUT2D eigenvalue weighted by molar-refractivity contribution is 9.10. The number of methoxy groups -OCH3 is 1. The smallest absolute Gasteiger partial charge is 0.243 e. The Morgan fingerprint density at radius 3 is 2.71 bits per heavy atom. The van der Waals surface area contributed by atoms with E-state index in [4.69, 9.17) is 4.74 Å². The van der Waals surface area contributed by atoms with Gasteiger partial charge in [0.2, 0.25) is 5.91 Å². The van der Waals surface area contributed by atoms with Gasteiger partial charge in [-0.3, -0.25) is 4.79 Å². The van der Waals surface area contributed by atoms with Crippen molar-refractivity contribution in [2.75, 3.05) is 24.3 Å². The Morgan fingerprint density at radius 2 is 2.00 bits per heavy atom. The highest BCUT2D eigenvalue weighted by Crippen LogP contribution is 2.20. The number of hydrogen-bond acceptors (Lipinski definition) is 3. The molecule has 0 aliphatic carbocycles. The Balaban J connectivity index is 1.91. The van der Waals surface area contributed by atoms with Crippen molar-refractivity contribution in [1.82, 2.24) is 0 Å². The van der Waals surface area contributed by atoms with Gasteiger partial charge in [0.05, 0.1) is 13.7 Å². The van der Waals surface area contributed by atoms with Crippen molar-refractivity contribution in [3.05, 3.63) is 52.5 Å². The van der Waals surface area contributed by atoms with E-state index in [1.54, 1.807) is 7.11 Å². The van der Waals surface area contributed by atoms with E-state index in [2.05, 4.69) is 26.6 Å². The normalized spacial score (nSPS) is 10.0. The van der Waals surface area contributed by atoms with Crippen molar-refractivity contribution < 1.29 is 9.53 Å². The summed E-state index contributed by atoms with van der Waals surface area (Å²) in [5.74, 6) is 0.656. The van der Waals surface area contributed by atoms with E-state index in [1.165, 1.54) is 0 Å². The zero-order chi connectivity index (χ0) is 15.2. The molecule has 0 fully saturated rings. The maximum absolute atomic E-state index is 11.9. The predicted molar refractivity (Wildman–Crippen MR) is 89.0 cm³/mol. The molecule has 0 aliphatic heterocycles. The first-order valence-electron chi connectivity index (χ1n) is 6.52. The summed E-state index contributed by atoms with van der Waals surface area (Å²) in [6.07, 6.45) is 0. The average Bonchev–Trinajstić information content (AvgIpc) is 2.49. The van der Waals surface area contributed by atoms with Crippen LogP contribution in [0.5, 0.6) is 5.75 Å². The molecule has 0 bridgehead atoms. The quantitative estimate of drug-likeness (QED) is 0.863. The molecule has 2 N–H and O–H groups in total. The fraction of sp³-hybridized carbons (Fsp3) is 0.188. The number of carbonyl (C=O) groups excluding carboxylic acids is 1. The Kier molecular flexibility index (Phi) is 5.22. The lowest BCUT2D eigenvalue weighted by Gasteiger charge is -2.09. The van der Waals surface area contributed by atoms with Crippen LogP contribution in [0.3, 0.4) is 0 Å². The number of rotatable bonds is 5. The van der Waals surface area contributed by atoms with E-state index in [1.807, 2.05) is 49.4 Å². The summed E-state index contributed by atoms with van der Waals surface area (Å²) in [7, 11) is 1.61. The maximum Gasteiger partial charge on any atom is 0.243 e. The third kappa shape index (κ3) is 4.49. The van der Waals surface area contributed by atoms with Crippen LogP contribution in [0.25, 0.3) is 0 Å². The van der Waals surface area contributed by atoms with Crippen molar-refractivity contribution in [2.45, 2.75) is 6.92 Å². The molecule has 0 radical (unpaired) electrons. The van der Waals surface area contributed by atoms with Crippen LogP contribution in [0.1, 0.15) is 5.56 Å². The number of halogens is 1. The summed E-state index contributed by atoms with van der Waals surface area (Å²) in [6.45, 7) is 2.18. The molecule has 5 heteroatoms. The lowest BCUT2D eigenvalue weighted by Crippen LogP contribution is -2.21. The highest BCUT2D eigenvalue weighted by Gasteiger charge is 2.04. The molecule has 110 valence electrons. The molecule has 0 saturated carbocycles. The first-order chi connectivity index (χ1) is 10.1. The third-order valence-electron chi connectivity index (χ3n) is 2.96. The molecule has 2 aromatic rings. The molecular weight excluding hydrogens is 332 g/mol. The Labute approximate surface area is 132 Å². The fourth-order valence-electron chi connectivity index (χ4n) is 1.84. The van der Waals surface area contributed by atoms with Gasteiger partial charge < -0.3 is 15.4 Å². The standard InChI is InChI=1S/C16H17BrN2O2/c1-11-8-13(6-7-15(11)17)19-16(20)10-18-12-4-3-5-14(9-12)21-2/h3-9,18H,10H2,1-2H3,(H,19,20). The van der Waals surface area contributed by atoms with Gasteiger partial charge in [-0.15, -0.1) is 0 Å². The van der Waals surface area contributed by atoms with Gasteiger partial charge in [-0.05, 0) is 42.8 Å². The fourth-order valence-corrected chi connectivity index (χ4v) is 2.09. The van der Waals surface area contributed by atoms with Crippen LogP contribution in [0.2, 0.25) is 0 Å². The first-order valence-corrected chi connectivity index (χ1v) is 7.31. The Morgan fingerprint density at radius 1 is 1.19 bits per heavy atom. The van der Waals surface area contributed by atoms with E-state index < -0.39 is 0 Å². The van der Waals surface area contributed by atoms with Crippen molar-refractivity contribution in [3.63, 3.8) is 0 Å². The molecule has 0 aromatic heterocycles. The van der Waals surface area contributed by atoms with Crippen LogP contribution >= 0.6 is 15.9 Å². The van der Waals surface area contributed by atoms with Crippen LogP contribution in [0.4, 0.5) is 11.4 Å². The molecule has 21 heavy (non-hydrogen) atoms. The van der Waals surface area contributed by atoms with Crippen LogP contribution in [-0.4, -0.2) is 19.6 Å². The predicted octanol–water partition coefficient (Wildman–Crippen LogP) is 3.82. The van der Waals surface area contributed by atoms with Crippen LogP contribution in [0.15, 0.2) is 46.9 Å². The number of benzene rings is 2. The van der Waals surface area contributed by atoms with Gasteiger partial charge >= 0.3 is 0 Å². The lowest BCUT2D eigenvalue weighted by molar-refractivity contribution is -0.114. The number of nitrogens with one attached hydrogen (secondary N) is 2. The Hall–Kier alpha value is -2.01. The molecule has 0 unspecified atom stereocenters. The zero-order valence-corrected chi connectivity index (χ0v) is 13.5. The molecule has 2 aromatic carbocycles. The number of anilines is 2. The summed E-state index contributed by atoms with van der Waals surface area (Å²) in [5, 5.41) is 5.92. The largest absolute Gasteiger partial charge is 0.497 e. The SMILES string of the molecule is COc1cccc(NCC(=O)Nc2ccc(Br)c(C)c2)c1. The topological polar surface area (TPSA) is 50.4 Å². The minimum absolute atomic E-state index is 0.0976. The van der Waals surface area contributed by atoms with Gasteiger partial charge in [0.1, 0.15) is 5.75 Å². The monoisotopic (exact) mass is 348 g/mol. The van der Waals surface area contributed by atoms with E-state index in [-0.39, 0.29) is 12.5 Å². The molecule has 0 saturated heterocycles. The minimum Gasteiger partial charge on any atom is -0.497 e. The lowest BCUT2D eigenvalue weighted by atomic mass is 10.2. The summed E-state index contributed by atoms with van der Waals surface area (Å²) in [5.41, 5.74) is 2.71. The van der Waals surface area contributed by atoms with Gasteiger partial charge in [0, 0.05) is 21.9 Å². The number of hydrogen-bond donors (Lipinski definition) is 2. The zero-order valence-electron chi connectivity index (χ0n) is 11.9. The summed E-state index contributed by atoms with van der Waals surface area (Å²) >= 11 is 3.43. The second kappa shape index (κ2) is 7.13. The molecule has 0 heterocycles. The van der Waals surface area contributed by atoms with Gasteiger partial charge in [-0.1, -0.05) is 22.0 Å². The number of amides is 1.